The number of ether oxygens (including phenoxy) is 2. The number of hydrogen-bond acceptors (Lipinski definition) is 4. The van der Waals surface area contributed by atoms with E-state index in [1.54, 1.807) is 18.2 Å². The molecule has 0 aliphatic rings. The third-order valence-electron chi connectivity index (χ3n) is 3.07. The summed E-state index contributed by atoms with van der Waals surface area (Å²) in [5.41, 5.74) is 8.88. The number of esters is 1. The number of hydrogen-bond donors (Lipinski definition) is 1. The van der Waals surface area contributed by atoms with Gasteiger partial charge in [-0.15, -0.1) is 0 Å². The fourth-order valence-corrected chi connectivity index (χ4v) is 2.19. The van der Waals surface area contributed by atoms with E-state index >= 15 is 0 Å². The molecule has 0 aliphatic heterocycles. The molecule has 0 saturated heterocycles. The first-order chi connectivity index (χ1) is 9.92. The van der Waals surface area contributed by atoms with Gasteiger partial charge in [-0.25, -0.2) is 4.79 Å². The Labute approximate surface area is 132 Å². The molecular weight excluding hydrogens is 334 g/mol. The quantitative estimate of drug-likeness (QED) is 0.665. The molecule has 0 heterocycles. The lowest BCUT2D eigenvalue weighted by atomic mass is 10.1. The van der Waals surface area contributed by atoms with Crippen LogP contribution in [0.5, 0.6) is 11.5 Å². The molecule has 110 valence electrons. The summed E-state index contributed by atoms with van der Waals surface area (Å²) in [5.74, 6) is 0.670. The molecule has 0 unspecified atom stereocenters. The van der Waals surface area contributed by atoms with E-state index in [4.69, 9.17) is 15.2 Å². The third-order valence-corrected chi connectivity index (χ3v) is 4.32. The number of nitrogens with two attached hydrogens (primary N) is 1. The van der Waals surface area contributed by atoms with Gasteiger partial charge in [-0.3, -0.25) is 0 Å². The largest absolute Gasteiger partial charge is 0.465 e. The minimum Gasteiger partial charge on any atom is -0.465 e. The molecule has 2 N–H and O–H groups in total. The predicted molar refractivity (Wildman–Crippen MR) is 85.9 cm³/mol. The standard InChI is InChI=1S/C16H16BrNO3/c1-9-6-12(7-10(2)15(9)17)21-14-8-11(16(19)20-3)4-5-13(14)18/h4-8H,18H2,1-3H3. The van der Waals surface area contributed by atoms with Gasteiger partial charge in [0.15, 0.2) is 5.75 Å². The molecule has 0 aromatic heterocycles. The van der Waals surface area contributed by atoms with Crippen LogP contribution in [0.2, 0.25) is 0 Å². The van der Waals surface area contributed by atoms with Crippen LogP contribution < -0.4 is 10.5 Å². The lowest BCUT2D eigenvalue weighted by molar-refractivity contribution is 0.0600. The summed E-state index contributed by atoms with van der Waals surface area (Å²) in [6.07, 6.45) is 0. The van der Waals surface area contributed by atoms with Crippen LogP contribution in [0.4, 0.5) is 5.69 Å². The van der Waals surface area contributed by atoms with Gasteiger partial charge in [-0.1, -0.05) is 15.9 Å². The summed E-state index contributed by atoms with van der Waals surface area (Å²) in [6, 6.07) is 8.61. The molecule has 0 bridgehead atoms. The maximum Gasteiger partial charge on any atom is 0.337 e. The molecule has 0 saturated carbocycles. The smallest absolute Gasteiger partial charge is 0.337 e. The molecule has 0 spiro atoms. The van der Waals surface area contributed by atoms with Crippen LogP contribution in [-0.4, -0.2) is 13.1 Å². The van der Waals surface area contributed by atoms with Crippen LogP contribution in [0.1, 0.15) is 21.5 Å². The molecular formula is C16H16BrNO3. The third kappa shape index (κ3) is 3.36. The molecule has 5 heteroatoms. The number of rotatable bonds is 3. The number of anilines is 1. The maximum atomic E-state index is 11.6. The number of halogens is 1. The molecule has 0 atom stereocenters. The Balaban J connectivity index is 2.37. The highest BCUT2D eigenvalue weighted by atomic mass is 79.9. The molecule has 0 aliphatic carbocycles. The van der Waals surface area contributed by atoms with Crippen molar-refractivity contribution in [3.05, 3.63) is 51.5 Å². The summed E-state index contributed by atoms with van der Waals surface area (Å²) >= 11 is 3.51. The first kappa shape index (κ1) is 15.4. The van der Waals surface area contributed by atoms with Crippen molar-refractivity contribution in [1.29, 1.82) is 0 Å². The fraction of sp³-hybridized carbons (Fsp3) is 0.188. The van der Waals surface area contributed by atoms with Crippen molar-refractivity contribution in [3.8, 4) is 11.5 Å². The van der Waals surface area contributed by atoms with Crippen LogP contribution in [0.15, 0.2) is 34.8 Å². The van der Waals surface area contributed by atoms with Crippen molar-refractivity contribution in [2.24, 2.45) is 0 Å². The van der Waals surface area contributed by atoms with Crippen molar-refractivity contribution in [1.82, 2.24) is 0 Å². The topological polar surface area (TPSA) is 61.5 Å². The first-order valence-electron chi connectivity index (χ1n) is 6.35. The normalized spacial score (nSPS) is 10.3. The highest BCUT2D eigenvalue weighted by molar-refractivity contribution is 9.10. The molecule has 2 rings (SSSR count). The minimum absolute atomic E-state index is 0.396. The Hall–Kier alpha value is -2.01. The minimum atomic E-state index is -0.428. The summed E-state index contributed by atoms with van der Waals surface area (Å²) < 4.78 is 11.5. The number of methoxy groups -OCH3 is 1. The van der Waals surface area contributed by atoms with Crippen LogP contribution in [-0.2, 0) is 4.74 Å². The van der Waals surface area contributed by atoms with Crippen molar-refractivity contribution in [3.63, 3.8) is 0 Å². The fourth-order valence-electron chi connectivity index (χ4n) is 1.96. The van der Waals surface area contributed by atoms with Crippen LogP contribution in [0.25, 0.3) is 0 Å². The van der Waals surface area contributed by atoms with Gasteiger partial charge in [0, 0.05) is 4.47 Å². The number of benzene rings is 2. The average molecular weight is 350 g/mol. The van der Waals surface area contributed by atoms with Gasteiger partial charge in [-0.05, 0) is 55.3 Å². The predicted octanol–water partition coefficient (Wildman–Crippen LogP) is 4.23. The van der Waals surface area contributed by atoms with Gasteiger partial charge in [0.2, 0.25) is 0 Å². The lowest BCUT2D eigenvalue weighted by Crippen LogP contribution is -2.02. The van der Waals surface area contributed by atoms with Crippen LogP contribution in [0.3, 0.4) is 0 Å². The highest BCUT2D eigenvalue weighted by Crippen LogP contribution is 2.32. The van der Waals surface area contributed by atoms with Gasteiger partial charge >= 0.3 is 5.97 Å². The van der Waals surface area contributed by atoms with E-state index in [1.165, 1.54) is 7.11 Å². The second-order valence-corrected chi connectivity index (χ2v) is 5.51. The molecule has 4 nitrogen and oxygen atoms in total. The molecule has 0 amide bonds. The second kappa shape index (κ2) is 6.18. The van der Waals surface area contributed by atoms with E-state index in [1.807, 2.05) is 26.0 Å². The van der Waals surface area contributed by atoms with Crippen LogP contribution >= 0.6 is 15.9 Å². The summed E-state index contributed by atoms with van der Waals surface area (Å²) in [5, 5.41) is 0. The second-order valence-electron chi connectivity index (χ2n) is 4.72. The Bertz CT molecular complexity index is 675. The number of carbonyl (C=O) groups excluding carboxylic acids is 1. The monoisotopic (exact) mass is 349 g/mol. The van der Waals surface area contributed by atoms with Gasteiger partial charge in [-0.2, -0.15) is 0 Å². The molecule has 21 heavy (non-hydrogen) atoms. The summed E-state index contributed by atoms with van der Waals surface area (Å²) in [4.78, 5) is 11.6. The first-order valence-corrected chi connectivity index (χ1v) is 7.14. The summed E-state index contributed by atoms with van der Waals surface area (Å²) in [7, 11) is 1.33. The zero-order valence-corrected chi connectivity index (χ0v) is 13.7. The zero-order valence-electron chi connectivity index (χ0n) is 12.1. The van der Waals surface area contributed by atoms with E-state index in [0.717, 1.165) is 15.6 Å². The molecule has 2 aromatic rings. The Morgan fingerprint density at radius 3 is 2.33 bits per heavy atom. The Morgan fingerprint density at radius 1 is 1.14 bits per heavy atom. The van der Waals surface area contributed by atoms with Gasteiger partial charge < -0.3 is 15.2 Å². The molecule has 0 radical (unpaired) electrons. The van der Waals surface area contributed by atoms with Crippen molar-refractivity contribution >= 4 is 27.6 Å². The SMILES string of the molecule is COC(=O)c1ccc(N)c(Oc2cc(C)c(Br)c(C)c2)c1. The Morgan fingerprint density at radius 2 is 1.76 bits per heavy atom. The number of nitrogen functional groups attached to an aromatic ring is 1. The Kier molecular flexibility index (Phi) is 4.53. The van der Waals surface area contributed by atoms with E-state index in [0.29, 0.717) is 22.7 Å². The van der Waals surface area contributed by atoms with Crippen molar-refractivity contribution in [2.75, 3.05) is 12.8 Å². The van der Waals surface area contributed by atoms with Crippen LogP contribution in [0, 0.1) is 13.8 Å². The van der Waals surface area contributed by atoms with Gasteiger partial charge in [0.25, 0.3) is 0 Å². The number of carbonyl (C=O) groups is 1. The highest BCUT2D eigenvalue weighted by Gasteiger charge is 2.11. The van der Waals surface area contributed by atoms with E-state index in [2.05, 4.69) is 15.9 Å². The molecule has 2 aromatic carbocycles. The van der Waals surface area contributed by atoms with Crippen molar-refractivity contribution < 1.29 is 14.3 Å². The van der Waals surface area contributed by atoms with E-state index < -0.39 is 5.97 Å². The van der Waals surface area contributed by atoms with Gasteiger partial charge in [0.05, 0.1) is 18.4 Å². The van der Waals surface area contributed by atoms with Crippen molar-refractivity contribution in [2.45, 2.75) is 13.8 Å². The van der Waals surface area contributed by atoms with E-state index in [-0.39, 0.29) is 0 Å². The number of aryl methyl sites for hydroxylation is 2. The maximum absolute atomic E-state index is 11.6. The lowest BCUT2D eigenvalue weighted by Gasteiger charge is -2.12. The average Bonchev–Trinajstić information content (AvgIpc) is 2.46. The van der Waals surface area contributed by atoms with E-state index in [9.17, 15) is 4.79 Å². The summed E-state index contributed by atoms with van der Waals surface area (Å²) in [6.45, 7) is 3.97. The molecule has 0 fully saturated rings. The van der Waals surface area contributed by atoms with Gasteiger partial charge in [0.1, 0.15) is 5.75 Å². The zero-order chi connectivity index (χ0) is 15.6.